The Kier molecular flexibility index (Phi) is 3.29. The van der Waals surface area contributed by atoms with Crippen molar-refractivity contribution in [2.45, 2.75) is 13.2 Å². The van der Waals surface area contributed by atoms with E-state index in [-0.39, 0.29) is 19.0 Å². The van der Waals surface area contributed by atoms with Crippen molar-refractivity contribution in [1.29, 1.82) is 0 Å². The second-order valence-electron chi connectivity index (χ2n) is 4.20. The first-order chi connectivity index (χ1) is 9.65. The molecule has 3 aromatic rings. The third kappa shape index (κ3) is 2.45. The number of aromatic nitrogens is 4. The maximum Gasteiger partial charge on any atom is 0.437 e. The van der Waals surface area contributed by atoms with Crippen molar-refractivity contribution >= 4 is 22.6 Å². The zero-order valence-corrected chi connectivity index (χ0v) is 11.3. The second-order valence-corrected chi connectivity index (χ2v) is 4.63. The number of fused-ring (bicyclic) bond motifs is 1. The average Bonchev–Trinajstić information content (AvgIpc) is 2.94. The van der Waals surface area contributed by atoms with Crippen molar-refractivity contribution < 1.29 is 9.15 Å². The van der Waals surface area contributed by atoms with Crippen LogP contribution in [0, 0.1) is 0 Å². The zero-order valence-electron chi connectivity index (χ0n) is 10.6. The van der Waals surface area contributed by atoms with Gasteiger partial charge >= 0.3 is 5.76 Å². The van der Waals surface area contributed by atoms with E-state index in [0.29, 0.717) is 10.8 Å². The van der Waals surface area contributed by atoms with Crippen LogP contribution in [0.5, 0.6) is 0 Å². The summed E-state index contributed by atoms with van der Waals surface area (Å²) in [6.07, 6.45) is 0. The lowest BCUT2D eigenvalue weighted by molar-refractivity contribution is 0.158. The fourth-order valence-corrected chi connectivity index (χ4v) is 2.05. The van der Waals surface area contributed by atoms with Crippen molar-refractivity contribution in [2.75, 3.05) is 7.11 Å². The molecule has 0 saturated carbocycles. The van der Waals surface area contributed by atoms with Crippen LogP contribution < -0.4 is 5.76 Å². The number of hydrogen-bond acceptors (Lipinski definition) is 5. The molecule has 2 aromatic heterocycles. The van der Waals surface area contributed by atoms with Gasteiger partial charge in [0.25, 0.3) is 0 Å². The van der Waals surface area contributed by atoms with Crippen molar-refractivity contribution in [2.24, 2.45) is 0 Å². The van der Waals surface area contributed by atoms with Gasteiger partial charge in [-0.1, -0.05) is 11.6 Å². The van der Waals surface area contributed by atoms with Crippen LogP contribution in [0.1, 0.15) is 11.7 Å². The molecule has 8 heteroatoms. The molecule has 20 heavy (non-hydrogen) atoms. The lowest BCUT2D eigenvalue weighted by atomic mass is 10.3. The van der Waals surface area contributed by atoms with Gasteiger partial charge in [-0.25, -0.2) is 9.78 Å². The molecular formula is C12H11ClN4O3. The Bertz CT molecular complexity index is 804. The molecule has 1 aromatic carbocycles. The summed E-state index contributed by atoms with van der Waals surface area (Å²) in [5, 5.41) is 4.63. The van der Waals surface area contributed by atoms with E-state index >= 15 is 0 Å². The Labute approximate surface area is 118 Å². The smallest absolute Gasteiger partial charge is 0.390 e. The maximum absolute atomic E-state index is 11.6. The molecule has 0 bridgehead atoms. The predicted octanol–water partition coefficient (Wildman–Crippen LogP) is 1.56. The van der Waals surface area contributed by atoms with Gasteiger partial charge in [-0.05, 0) is 18.2 Å². The average molecular weight is 295 g/mol. The standard InChI is InChI=1S/C12H11ClN4O3/c1-19-6-11-16-17(12(18)20-11)5-10-14-8-3-2-7(13)4-9(8)15-10/h2-4H,5-6H2,1H3,(H,14,15). The van der Waals surface area contributed by atoms with Crippen molar-refractivity contribution in [3.05, 3.63) is 45.5 Å². The molecule has 7 nitrogen and oxygen atoms in total. The summed E-state index contributed by atoms with van der Waals surface area (Å²) in [6.45, 7) is 0.344. The Morgan fingerprint density at radius 2 is 2.35 bits per heavy atom. The van der Waals surface area contributed by atoms with Gasteiger partial charge in [-0.3, -0.25) is 0 Å². The topological polar surface area (TPSA) is 85.9 Å². The van der Waals surface area contributed by atoms with Crippen molar-refractivity contribution in [1.82, 2.24) is 19.7 Å². The Hall–Kier alpha value is -2.12. The number of nitrogens with zero attached hydrogens (tertiary/aromatic N) is 3. The largest absolute Gasteiger partial charge is 0.437 e. The number of imidazole rings is 1. The van der Waals surface area contributed by atoms with Crippen LogP contribution >= 0.6 is 11.6 Å². The highest BCUT2D eigenvalue weighted by Crippen LogP contribution is 2.17. The highest BCUT2D eigenvalue weighted by molar-refractivity contribution is 6.31. The monoisotopic (exact) mass is 294 g/mol. The number of nitrogens with one attached hydrogen (secondary N) is 1. The third-order valence-electron chi connectivity index (χ3n) is 2.71. The summed E-state index contributed by atoms with van der Waals surface area (Å²) >= 11 is 5.91. The fourth-order valence-electron chi connectivity index (χ4n) is 1.88. The number of methoxy groups -OCH3 is 1. The van der Waals surface area contributed by atoms with E-state index in [1.165, 1.54) is 11.8 Å². The molecule has 0 fully saturated rings. The van der Waals surface area contributed by atoms with Gasteiger partial charge in [0.1, 0.15) is 19.0 Å². The Morgan fingerprint density at radius 1 is 1.50 bits per heavy atom. The van der Waals surface area contributed by atoms with Crippen LogP contribution in [-0.4, -0.2) is 26.9 Å². The van der Waals surface area contributed by atoms with E-state index in [1.54, 1.807) is 18.2 Å². The first kappa shape index (κ1) is 12.9. The number of hydrogen-bond donors (Lipinski definition) is 1. The molecule has 0 atom stereocenters. The van der Waals surface area contributed by atoms with E-state index in [0.717, 1.165) is 11.0 Å². The summed E-state index contributed by atoms with van der Waals surface area (Å²) in [4.78, 5) is 19.0. The number of rotatable bonds is 4. The minimum Gasteiger partial charge on any atom is -0.390 e. The molecule has 0 radical (unpaired) electrons. The number of H-pyrrole nitrogens is 1. The van der Waals surface area contributed by atoms with Gasteiger partial charge in [0, 0.05) is 12.1 Å². The molecule has 3 rings (SSSR count). The van der Waals surface area contributed by atoms with Crippen LogP contribution in [-0.2, 0) is 17.9 Å². The molecule has 0 saturated heterocycles. The van der Waals surface area contributed by atoms with Crippen LogP contribution in [0.3, 0.4) is 0 Å². The molecule has 0 spiro atoms. The summed E-state index contributed by atoms with van der Waals surface area (Å²) in [7, 11) is 1.50. The minimum atomic E-state index is -0.546. The van der Waals surface area contributed by atoms with E-state index in [2.05, 4.69) is 15.1 Å². The summed E-state index contributed by atoms with van der Waals surface area (Å²) in [5.41, 5.74) is 1.58. The van der Waals surface area contributed by atoms with Gasteiger partial charge in [0.05, 0.1) is 11.0 Å². The lowest BCUT2D eigenvalue weighted by Crippen LogP contribution is -2.17. The molecule has 1 N–H and O–H groups in total. The van der Waals surface area contributed by atoms with Crippen LogP contribution in [0.4, 0.5) is 0 Å². The summed E-state index contributed by atoms with van der Waals surface area (Å²) in [5.74, 6) is 0.286. The van der Waals surface area contributed by atoms with Gasteiger partial charge < -0.3 is 14.1 Å². The van der Waals surface area contributed by atoms with Gasteiger partial charge in [-0.2, -0.15) is 4.68 Å². The SMILES string of the molecule is COCc1nn(Cc2nc3ccc(Cl)cc3[nH]2)c(=O)o1. The van der Waals surface area contributed by atoms with E-state index in [1.807, 2.05) is 0 Å². The molecular weight excluding hydrogens is 284 g/mol. The van der Waals surface area contributed by atoms with Crippen LogP contribution in [0.25, 0.3) is 11.0 Å². The number of ether oxygens (including phenoxy) is 1. The quantitative estimate of drug-likeness (QED) is 0.789. The number of benzene rings is 1. The molecule has 104 valence electrons. The van der Waals surface area contributed by atoms with Crippen LogP contribution in [0.15, 0.2) is 27.4 Å². The molecule has 0 unspecified atom stereocenters. The normalized spacial score (nSPS) is 11.3. The Balaban J connectivity index is 1.90. The van der Waals surface area contributed by atoms with E-state index < -0.39 is 5.76 Å². The van der Waals surface area contributed by atoms with E-state index in [9.17, 15) is 4.79 Å². The van der Waals surface area contributed by atoms with Gasteiger partial charge in [-0.15, -0.1) is 5.10 Å². The summed E-state index contributed by atoms with van der Waals surface area (Å²) in [6, 6.07) is 5.34. The Morgan fingerprint density at radius 3 is 3.15 bits per heavy atom. The molecule has 2 heterocycles. The fraction of sp³-hybridized carbons (Fsp3) is 0.250. The lowest BCUT2D eigenvalue weighted by Gasteiger charge is -1.93. The van der Waals surface area contributed by atoms with Crippen molar-refractivity contribution in [3.63, 3.8) is 0 Å². The number of halogens is 1. The third-order valence-corrected chi connectivity index (χ3v) is 2.94. The summed E-state index contributed by atoms with van der Waals surface area (Å²) < 4.78 is 11.0. The molecule has 0 aliphatic carbocycles. The van der Waals surface area contributed by atoms with Gasteiger partial charge in [0.15, 0.2) is 0 Å². The molecule has 0 aliphatic heterocycles. The number of aromatic amines is 1. The highest BCUT2D eigenvalue weighted by atomic mass is 35.5. The molecule has 0 aliphatic rings. The predicted molar refractivity (Wildman–Crippen MR) is 71.7 cm³/mol. The first-order valence-corrected chi connectivity index (χ1v) is 6.23. The zero-order chi connectivity index (χ0) is 14.1. The maximum atomic E-state index is 11.6. The first-order valence-electron chi connectivity index (χ1n) is 5.85. The second kappa shape index (κ2) is 5.10. The molecule has 0 amide bonds. The van der Waals surface area contributed by atoms with Gasteiger partial charge in [0.2, 0.25) is 5.89 Å². The minimum absolute atomic E-state index is 0.151. The highest BCUT2D eigenvalue weighted by Gasteiger charge is 2.10. The van der Waals surface area contributed by atoms with Crippen LogP contribution in [0.2, 0.25) is 5.02 Å². The van der Waals surface area contributed by atoms with Crippen molar-refractivity contribution in [3.8, 4) is 0 Å². The van der Waals surface area contributed by atoms with E-state index in [4.69, 9.17) is 20.8 Å².